The van der Waals surface area contributed by atoms with Crippen LogP contribution in [0.15, 0.2) is 12.5 Å². The fraction of sp³-hybridized carbons (Fsp3) is 0.583. The lowest BCUT2D eigenvalue weighted by atomic mass is 10.1. The van der Waals surface area contributed by atoms with Gasteiger partial charge in [0.25, 0.3) is 0 Å². The molecule has 0 spiro atoms. The lowest BCUT2D eigenvalue weighted by molar-refractivity contribution is -0.139. The highest BCUT2D eigenvalue weighted by atomic mass is 16.4. The van der Waals surface area contributed by atoms with Crippen molar-refractivity contribution in [1.82, 2.24) is 25.5 Å². The summed E-state index contributed by atoms with van der Waals surface area (Å²) in [6.07, 6.45) is 3.16. The standard InChI is InChI=1S/C12H21N5O3/c1-8(6-17(2)3)15-12(20)16-10(11(18)19)4-9-5-13-7-14-9/h5,7-8,10H,4,6H2,1-3H3,(H,13,14)(H,18,19)(H2,15,16,20)/t8?,10-/m0/s1. The van der Waals surface area contributed by atoms with Crippen molar-refractivity contribution >= 4 is 12.0 Å². The van der Waals surface area contributed by atoms with E-state index in [0.29, 0.717) is 12.2 Å². The van der Waals surface area contributed by atoms with Gasteiger partial charge in [0.1, 0.15) is 6.04 Å². The van der Waals surface area contributed by atoms with Crippen molar-refractivity contribution in [1.29, 1.82) is 0 Å². The molecule has 4 N–H and O–H groups in total. The minimum absolute atomic E-state index is 0.0772. The Bertz CT molecular complexity index is 432. The molecule has 112 valence electrons. The molecule has 2 atom stereocenters. The summed E-state index contributed by atoms with van der Waals surface area (Å²) in [7, 11) is 3.79. The minimum atomic E-state index is -1.09. The van der Waals surface area contributed by atoms with Gasteiger partial charge in [0, 0.05) is 30.9 Å². The molecule has 8 heteroatoms. The molecule has 1 heterocycles. The maximum absolute atomic E-state index is 11.7. The normalized spacial score (nSPS) is 13.8. The van der Waals surface area contributed by atoms with E-state index in [0.717, 1.165) is 0 Å². The number of imidazole rings is 1. The van der Waals surface area contributed by atoms with Crippen molar-refractivity contribution in [3.8, 4) is 0 Å². The first-order valence-electron chi connectivity index (χ1n) is 6.30. The minimum Gasteiger partial charge on any atom is -0.480 e. The number of amides is 2. The molecule has 0 radical (unpaired) electrons. The Balaban J connectivity index is 2.49. The molecule has 8 nitrogen and oxygen atoms in total. The lowest BCUT2D eigenvalue weighted by Gasteiger charge is -2.20. The third-order valence-corrected chi connectivity index (χ3v) is 2.60. The summed E-state index contributed by atoms with van der Waals surface area (Å²) in [5.74, 6) is -1.09. The Hall–Kier alpha value is -2.09. The van der Waals surface area contributed by atoms with Gasteiger partial charge in [-0.25, -0.2) is 14.6 Å². The molecular formula is C12H21N5O3. The number of H-pyrrole nitrogens is 1. The number of hydrogen-bond acceptors (Lipinski definition) is 4. The van der Waals surface area contributed by atoms with Crippen LogP contribution >= 0.6 is 0 Å². The monoisotopic (exact) mass is 283 g/mol. The molecule has 1 aromatic heterocycles. The molecule has 0 saturated carbocycles. The molecule has 0 fully saturated rings. The van der Waals surface area contributed by atoms with Gasteiger partial charge in [0.15, 0.2) is 0 Å². The number of carboxylic acids is 1. The smallest absolute Gasteiger partial charge is 0.326 e. The van der Waals surface area contributed by atoms with Gasteiger partial charge in [-0.05, 0) is 21.0 Å². The number of aliphatic carboxylic acids is 1. The van der Waals surface area contributed by atoms with Crippen LogP contribution in [0.4, 0.5) is 4.79 Å². The summed E-state index contributed by atoms with van der Waals surface area (Å²) in [5, 5.41) is 14.3. The highest BCUT2D eigenvalue weighted by molar-refractivity contribution is 5.82. The van der Waals surface area contributed by atoms with Crippen LogP contribution in [0, 0.1) is 0 Å². The third-order valence-electron chi connectivity index (χ3n) is 2.60. The number of nitrogens with zero attached hydrogens (tertiary/aromatic N) is 2. The first-order valence-corrected chi connectivity index (χ1v) is 6.30. The zero-order chi connectivity index (χ0) is 15.1. The van der Waals surface area contributed by atoms with E-state index in [-0.39, 0.29) is 12.5 Å². The van der Waals surface area contributed by atoms with E-state index >= 15 is 0 Å². The van der Waals surface area contributed by atoms with Crippen LogP contribution in [-0.2, 0) is 11.2 Å². The number of aromatic amines is 1. The number of aromatic nitrogens is 2. The number of carbonyl (C=O) groups is 2. The summed E-state index contributed by atoms with van der Waals surface area (Å²) < 4.78 is 0. The van der Waals surface area contributed by atoms with Gasteiger partial charge in [0.05, 0.1) is 6.33 Å². The fourth-order valence-electron chi connectivity index (χ4n) is 1.83. The molecule has 0 aromatic carbocycles. The average molecular weight is 283 g/mol. The Morgan fingerprint density at radius 1 is 1.45 bits per heavy atom. The third kappa shape index (κ3) is 5.70. The summed E-state index contributed by atoms with van der Waals surface area (Å²) in [6, 6.07) is -1.57. The van der Waals surface area contributed by atoms with Crippen LogP contribution in [0.2, 0.25) is 0 Å². The quantitative estimate of drug-likeness (QED) is 0.547. The lowest BCUT2D eigenvalue weighted by Crippen LogP contribution is -2.51. The first kappa shape index (κ1) is 16.0. The van der Waals surface area contributed by atoms with Gasteiger partial charge in [-0.2, -0.15) is 0 Å². The topological polar surface area (TPSA) is 110 Å². The van der Waals surface area contributed by atoms with Crippen molar-refractivity contribution < 1.29 is 14.7 Å². The molecular weight excluding hydrogens is 262 g/mol. The number of nitrogens with one attached hydrogen (secondary N) is 3. The predicted molar refractivity (Wildman–Crippen MR) is 73.4 cm³/mol. The molecule has 0 aliphatic carbocycles. The van der Waals surface area contributed by atoms with Crippen LogP contribution in [0.1, 0.15) is 12.6 Å². The van der Waals surface area contributed by atoms with Gasteiger partial charge in [0.2, 0.25) is 0 Å². The van der Waals surface area contributed by atoms with Gasteiger partial charge in [-0.3, -0.25) is 0 Å². The van der Waals surface area contributed by atoms with Crippen molar-refractivity contribution in [3.05, 3.63) is 18.2 Å². The highest BCUT2D eigenvalue weighted by Gasteiger charge is 2.21. The van der Waals surface area contributed by atoms with E-state index < -0.39 is 18.0 Å². The van der Waals surface area contributed by atoms with E-state index in [9.17, 15) is 9.59 Å². The second-order valence-corrected chi connectivity index (χ2v) is 4.95. The Kier molecular flexibility index (Phi) is 5.98. The molecule has 0 aliphatic heterocycles. The van der Waals surface area contributed by atoms with Crippen molar-refractivity contribution in [3.63, 3.8) is 0 Å². The second-order valence-electron chi connectivity index (χ2n) is 4.95. The SMILES string of the molecule is CC(CN(C)C)NC(=O)N[C@@H](Cc1cnc[nH]1)C(=O)O. The number of likely N-dealkylation sites (N-methyl/N-ethyl adjacent to an activating group) is 1. The zero-order valence-electron chi connectivity index (χ0n) is 11.9. The largest absolute Gasteiger partial charge is 0.480 e. The number of carbonyl (C=O) groups excluding carboxylic acids is 1. The van der Waals surface area contributed by atoms with Crippen LogP contribution in [0.5, 0.6) is 0 Å². The van der Waals surface area contributed by atoms with Crippen molar-refractivity contribution in [2.75, 3.05) is 20.6 Å². The molecule has 2 amide bonds. The Labute approximate surface area is 117 Å². The van der Waals surface area contributed by atoms with Crippen LogP contribution in [0.25, 0.3) is 0 Å². The van der Waals surface area contributed by atoms with E-state index in [1.807, 2.05) is 25.9 Å². The molecule has 0 aliphatic rings. The fourth-order valence-corrected chi connectivity index (χ4v) is 1.83. The molecule has 20 heavy (non-hydrogen) atoms. The number of rotatable bonds is 7. The van der Waals surface area contributed by atoms with Crippen molar-refractivity contribution in [2.24, 2.45) is 0 Å². The summed E-state index contributed by atoms with van der Waals surface area (Å²) in [5.41, 5.74) is 0.652. The van der Waals surface area contributed by atoms with Crippen molar-refractivity contribution in [2.45, 2.75) is 25.4 Å². The Morgan fingerprint density at radius 3 is 2.65 bits per heavy atom. The summed E-state index contributed by atoms with van der Waals surface area (Å²) >= 11 is 0. The molecule has 1 rings (SSSR count). The van der Waals surface area contributed by atoms with Gasteiger partial charge < -0.3 is 25.6 Å². The number of hydrogen-bond donors (Lipinski definition) is 4. The number of urea groups is 1. The highest BCUT2D eigenvalue weighted by Crippen LogP contribution is 1.99. The van der Waals surface area contributed by atoms with E-state index in [1.54, 1.807) is 0 Å². The van der Waals surface area contributed by atoms with E-state index in [1.165, 1.54) is 12.5 Å². The second kappa shape index (κ2) is 7.49. The number of carboxylic acid groups (broad SMARTS) is 1. The average Bonchev–Trinajstić information content (AvgIpc) is 2.79. The van der Waals surface area contributed by atoms with E-state index in [2.05, 4.69) is 20.6 Å². The van der Waals surface area contributed by atoms with Crippen LogP contribution in [0.3, 0.4) is 0 Å². The summed E-state index contributed by atoms with van der Waals surface area (Å²) in [6.45, 7) is 2.52. The van der Waals surface area contributed by atoms with Crippen LogP contribution in [-0.4, -0.2) is 64.7 Å². The maximum Gasteiger partial charge on any atom is 0.326 e. The molecule has 0 saturated heterocycles. The Morgan fingerprint density at radius 2 is 2.15 bits per heavy atom. The van der Waals surface area contributed by atoms with E-state index in [4.69, 9.17) is 5.11 Å². The van der Waals surface area contributed by atoms with Gasteiger partial charge in [-0.15, -0.1) is 0 Å². The van der Waals surface area contributed by atoms with Gasteiger partial charge in [-0.1, -0.05) is 0 Å². The van der Waals surface area contributed by atoms with Crippen LogP contribution < -0.4 is 10.6 Å². The molecule has 1 unspecified atom stereocenters. The predicted octanol–water partition coefficient (Wildman–Crippen LogP) is -0.345. The van der Waals surface area contributed by atoms with Gasteiger partial charge >= 0.3 is 12.0 Å². The summed E-state index contributed by atoms with van der Waals surface area (Å²) in [4.78, 5) is 31.4. The maximum atomic E-state index is 11.7. The molecule has 1 aromatic rings. The first-order chi connectivity index (χ1) is 9.38. The molecule has 0 bridgehead atoms. The zero-order valence-corrected chi connectivity index (χ0v) is 11.9.